The number of hydrogen-bond acceptors (Lipinski definition) is 2. The number of nitrogens with zero attached hydrogens (tertiary/aromatic N) is 2. The number of para-hydroxylation sites is 5. The Bertz CT molecular complexity index is 9050. The zero-order chi connectivity index (χ0) is 77.0. The first-order chi connectivity index (χ1) is 58.5. The van der Waals surface area contributed by atoms with Gasteiger partial charge in [-0.1, -0.05) is 297 Å². The van der Waals surface area contributed by atoms with Gasteiger partial charge in [-0.15, -0.1) is 0 Å². The molecule has 0 amide bonds. The number of furan rings is 2. The molecule has 0 bridgehead atoms. The highest BCUT2D eigenvalue weighted by Crippen LogP contribution is 2.49. The molecule has 0 radical (unpaired) electrons. The van der Waals surface area contributed by atoms with Gasteiger partial charge in [0.05, 0.1) is 22.1 Å². The van der Waals surface area contributed by atoms with E-state index in [1.807, 2.05) is 6.07 Å². The molecule has 0 aliphatic rings. The SMILES string of the molecule is c1cc(-c2ccc3c(c2)c2ccccc2c2cc4c5ccccc5c5ccccc5c4cc32)cc(-c2cccc3c2oc2ccc(-n4c5ccccc5c5ccccc54)cc23)c1.c1cc(-c2ccc3c(c2)c2ccccc2c2cc4c5ccccc5c5ccccc5c4cc32)cc(-n2c3ccccc3c3ccc4c5ccccc5oc4c32)c1. The first kappa shape index (κ1) is 64.9. The molecule has 4 heterocycles. The van der Waals surface area contributed by atoms with Crippen LogP contribution in [0.4, 0.5) is 0 Å². The highest BCUT2D eigenvalue weighted by atomic mass is 16.3. The number of aromatic nitrogens is 2. The fourth-order valence-corrected chi connectivity index (χ4v) is 20.6. The molecule has 0 spiro atoms. The lowest BCUT2D eigenvalue weighted by atomic mass is 9.87. The zero-order valence-electron chi connectivity index (χ0n) is 63.8. The predicted octanol–water partition coefficient (Wildman–Crippen LogP) is 32.2. The minimum absolute atomic E-state index is 0.885. The van der Waals surface area contributed by atoms with E-state index in [1.54, 1.807) is 0 Å². The molecule has 0 aliphatic heterocycles. The van der Waals surface area contributed by atoms with Gasteiger partial charge in [-0.05, 0) is 260 Å². The van der Waals surface area contributed by atoms with Crippen LogP contribution in [0.3, 0.4) is 0 Å². The van der Waals surface area contributed by atoms with Crippen LogP contribution >= 0.6 is 0 Å². The lowest BCUT2D eigenvalue weighted by molar-refractivity contribution is 0.670. The number of rotatable bonds is 5. The average Bonchev–Trinajstić information content (AvgIpc) is 0.998. The monoisotopic (exact) mass is 1490 g/mol. The highest BCUT2D eigenvalue weighted by molar-refractivity contribution is 6.36. The second-order valence-electron chi connectivity index (χ2n) is 31.9. The van der Waals surface area contributed by atoms with Gasteiger partial charge in [0.15, 0.2) is 5.58 Å². The normalized spacial score (nSPS) is 12.2. The Morgan fingerprint density at radius 2 is 0.449 bits per heavy atom. The molecule has 0 fully saturated rings. The molecule has 544 valence electrons. The van der Waals surface area contributed by atoms with Crippen molar-refractivity contribution in [2.45, 2.75) is 0 Å². The second kappa shape index (κ2) is 24.9. The summed E-state index contributed by atoms with van der Waals surface area (Å²) in [6.45, 7) is 0. The highest BCUT2D eigenvalue weighted by Gasteiger charge is 2.24. The van der Waals surface area contributed by atoms with E-state index < -0.39 is 0 Å². The summed E-state index contributed by atoms with van der Waals surface area (Å²) in [5.41, 5.74) is 17.4. The topological polar surface area (TPSA) is 36.1 Å². The van der Waals surface area contributed by atoms with Crippen molar-refractivity contribution in [3.05, 3.63) is 400 Å². The Labute approximate surface area is 675 Å². The van der Waals surface area contributed by atoms with Crippen LogP contribution in [-0.2, 0) is 0 Å². The van der Waals surface area contributed by atoms with Gasteiger partial charge in [-0.2, -0.15) is 0 Å². The Morgan fingerprint density at radius 3 is 0.932 bits per heavy atom. The van der Waals surface area contributed by atoms with Crippen molar-refractivity contribution in [3.63, 3.8) is 0 Å². The van der Waals surface area contributed by atoms with E-state index in [0.717, 1.165) is 77.4 Å². The van der Waals surface area contributed by atoms with Gasteiger partial charge >= 0.3 is 0 Å². The van der Waals surface area contributed by atoms with Crippen LogP contribution < -0.4 is 0 Å². The van der Waals surface area contributed by atoms with Gasteiger partial charge in [0.1, 0.15) is 16.7 Å². The van der Waals surface area contributed by atoms with Gasteiger partial charge in [0.25, 0.3) is 0 Å². The standard InChI is InChI=1S/C60H35NO.C54H31NO/c1-3-17-43-41(15-1)42-16-2-4-18-44(42)53-35-55-47-29-27-37(32-51(47)45-19-5-6-20-46(45)54(55)34-52(43)53)36-13-11-14-38(31-36)40-23-12-24-50-56-33-39(28-30-59(56)62-60(40)50)61-57-25-9-7-21-48(57)49-22-8-10-26-58(49)61;1-3-16-37-35(14-1)36-15-2-4-17-38(36)48-31-50-41-25-24-33(29-46(41)39-18-5-6-19-40(39)49(50)30-47(37)48)32-12-11-13-34(28-32)55-51-22-9-7-20-42(51)44-26-27-45-43-21-8-10-23-52(43)56-54(45)53(44)55/h1-35H;1-31H. The van der Waals surface area contributed by atoms with E-state index in [1.165, 1.54) is 184 Å². The third-order valence-corrected chi connectivity index (χ3v) is 25.8. The Kier molecular flexibility index (Phi) is 13.7. The fraction of sp³-hybridized carbons (Fsp3) is 0. The molecular formula is C114H66N2O2. The van der Waals surface area contributed by atoms with Crippen molar-refractivity contribution < 1.29 is 8.83 Å². The summed E-state index contributed by atoms with van der Waals surface area (Å²) < 4.78 is 18.2. The van der Waals surface area contributed by atoms with Gasteiger partial charge < -0.3 is 18.0 Å². The van der Waals surface area contributed by atoms with Gasteiger partial charge in [-0.3, -0.25) is 0 Å². The molecule has 23 aromatic carbocycles. The molecule has 0 aliphatic carbocycles. The van der Waals surface area contributed by atoms with Crippen LogP contribution in [0.25, 0.3) is 262 Å². The van der Waals surface area contributed by atoms with E-state index in [2.05, 4.69) is 403 Å². The van der Waals surface area contributed by atoms with Crippen LogP contribution in [0.1, 0.15) is 0 Å². The van der Waals surface area contributed by atoms with Crippen molar-refractivity contribution in [1.82, 2.24) is 9.13 Å². The maximum absolute atomic E-state index is 6.75. The Morgan fingerprint density at radius 1 is 0.144 bits per heavy atom. The number of hydrogen-bond donors (Lipinski definition) is 0. The van der Waals surface area contributed by atoms with Gasteiger partial charge in [0.2, 0.25) is 0 Å². The number of benzene rings is 23. The molecule has 27 aromatic rings. The van der Waals surface area contributed by atoms with E-state index in [0.29, 0.717) is 0 Å². The van der Waals surface area contributed by atoms with Crippen molar-refractivity contribution in [3.8, 4) is 44.8 Å². The molecule has 4 aromatic heterocycles. The third kappa shape index (κ3) is 9.42. The molecule has 0 saturated heterocycles. The quantitative estimate of drug-likeness (QED) is 0.127. The van der Waals surface area contributed by atoms with Crippen LogP contribution in [-0.4, -0.2) is 9.13 Å². The first-order valence-corrected chi connectivity index (χ1v) is 40.8. The average molecular weight is 1500 g/mol. The molecule has 0 N–H and O–H groups in total. The molecule has 4 heteroatoms. The van der Waals surface area contributed by atoms with E-state index >= 15 is 0 Å². The van der Waals surface area contributed by atoms with E-state index in [4.69, 9.17) is 8.83 Å². The molecule has 118 heavy (non-hydrogen) atoms. The second-order valence-corrected chi connectivity index (χ2v) is 31.9. The van der Waals surface area contributed by atoms with Crippen molar-refractivity contribution in [2.75, 3.05) is 0 Å². The lowest BCUT2D eigenvalue weighted by Crippen LogP contribution is -1.94. The smallest absolute Gasteiger partial charge is 0.160 e. The summed E-state index contributed by atoms with van der Waals surface area (Å²) in [6.07, 6.45) is 0. The Hall–Kier alpha value is -15.6. The van der Waals surface area contributed by atoms with Gasteiger partial charge in [0, 0.05) is 60.0 Å². The van der Waals surface area contributed by atoms with Crippen LogP contribution in [0.5, 0.6) is 0 Å². The predicted molar refractivity (Wildman–Crippen MR) is 502 cm³/mol. The molecular weight excluding hydrogens is 1430 g/mol. The van der Waals surface area contributed by atoms with Crippen molar-refractivity contribution in [2.24, 2.45) is 0 Å². The zero-order valence-corrected chi connectivity index (χ0v) is 63.8. The fourth-order valence-electron chi connectivity index (χ4n) is 20.6. The molecule has 0 saturated carbocycles. The van der Waals surface area contributed by atoms with Crippen molar-refractivity contribution >= 4 is 217 Å². The van der Waals surface area contributed by atoms with E-state index in [9.17, 15) is 0 Å². The minimum atomic E-state index is 0.885. The Balaban J connectivity index is 0.000000129. The van der Waals surface area contributed by atoms with Crippen molar-refractivity contribution in [1.29, 1.82) is 0 Å². The van der Waals surface area contributed by atoms with E-state index in [-0.39, 0.29) is 0 Å². The van der Waals surface area contributed by atoms with Crippen LogP contribution in [0.2, 0.25) is 0 Å². The van der Waals surface area contributed by atoms with Crippen LogP contribution in [0.15, 0.2) is 409 Å². The summed E-state index contributed by atoms with van der Waals surface area (Å²) in [5, 5.41) is 40.3. The summed E-state index contributed by atoms with van der Waals surface area (Å²) in [7, 11) is 0. The third-order valence-electron chi connectivity index (χ3n) is 25.8. The van der Waals surface area contributed by atoms with Gasteiger partial charge in [-0.25, -0.2) is 0 Å². The summed E-state index contributed by atoms with van der Waals surface area (Å²) in [5.74, 6) is 0. The molecule has 0 unspecified atom stereocenters. The lowest BCUT2D eigenvalue weighted by Gasteiger charge is -2.16. The molecule has 4 nitrogen and oxygen atoms in total. The summed E-state index contributed by atoms with van der Waals surface area (Å²) in [4.78, 5) is 0. The molecule has 0 atom stereocenters. The largest absolute Gasteiger partial charge is 0.455 e. The summed E-state index contributed by atoms with van der Waals surface area (Å²) in [6, 6.07) is 147. The molecule has 27 rings (SSSR count). The van der Waals surface area contributed by atoms with Crippen LogP contribution in [0, 0.1) is 0 Å². The summed E-state index contributed by atoms with van der Waals surface area (Å²) >= 11 is 0. The minimum Gasteiger partial charge on any atom is -0.455 e. The maximum Gasteiger partial charge on any atom is 0.160 e. The maximum atomic E-state index is 6.75. The first-order valence-electron chi connectivity index (χ1n) is 40.8. The number of fused-ring (bicyclic) bond motifs is 37.